The molecule has 2 aromatic heterocycles. The molecular formula is C27H18N6O4. The number of carbonyl (C=O) groups excluding carboxylic acids is 3. The summed E-state index contributed by atoms with van der Waals surface area (Å²) in [5.41, 5.74) is 9.24. The third kappa shape index (κ3) is 3.73. The number of benzene rings is 3. The van der Waals surface area contributed by atoms with E-state index in [1.54, 1.807) is 54.6 Å². The molecule has 0 bridgehead atoms. The number of imide groups is 1. The summed E-state index contributed by atoms with van der Waals surface area (Å²) in [6, 6.07) is 22.4. The van der Waals surface area contributed by atoms with Gasteiger partial charge in [-0.15, -0.1) is 0 Å². The normalized spacial score (nSPS) is 12.4. The van der Waals surface area contributed by atoms with Gasteiger partial charge in [0, 0.05) is 22.9 Å². The Bertz CT molecular complexity index is 1800. The van der Waals surface area contributed by atoms with E-state index >= 15 is 0 Å². The van der Waals surface area contributed by atoms with E-state index in [1.807, 2.05) is 18.2 Å². The first kappa shape index (κ1) is 22.0. The second-order valence-electron chi connectivity index (χ2n) is 8.46. The molecule has 5 N–H and O–H groups in total. The fourth-order valence-corrected chi connectivity index (χ4v) is 4.32. The fourth-order valence-electron chi connectivity index (χ4n) is 4.32. The van der Waals surface area contributed by atoms with Gasteiger partial charge in [-0.2, -0.15) is 0 Å². The number of pyridine rings is 1. The standard InChI is InChI=1S/C27H18N6O4/c28-23-22-18(26(36)32-27(22)37)13-21(34)33(23)17-10-11-19-20(12-17)31-24(30-19)14-6-8-16(9-7-14)29-25(35)15-4-2-1-3-5-15/h1-13H,28H2,(H,29,35)(H,30,31)(H,32,36,37). The summed E-state index contributed by atoms with van der Waals surface area (Å²) in [7, 11) is 0. The molecule has 10 heteroatoms. The number of hydrogen-bond acceptors (Lipinski definition) is 6. The lowest BCUT2D eigenvalue weighted by molar-refractivity contribution is 0.0879. The van der Waals surface area contributed by atoms with Crippen LogP contribution in [0.1, 0.15) is 31.1 Å². The molecule has 1 aliphatic heterocycles. The SMILES string of the molecule is Nc1c2c(cc(=O)n1-c1ccc3[nH]c(-c4ccc(NC(=O)c5ccccc5)cc4)nc3c1)C(=O)NC2=O. The summed E-state index contributed by atoms with van der Waals surface area (Å²) in [5, 5.41) is 5.01. The Labute approximate surface area is 208 Å². The number of rotatable bonds is 4. The molecule has 5 aromatic rings. The quantitative estimate of drug-likeness (QED) is 0.284. The van der Waals surface area contributed by atoms with Crippen molar-refractivity contribution in [2.24, 2.45) is 0 Å². The first-order chi connectivity index (χ1) is 17.9. The maximum atomic E-state index is 12.7. The van der Waals surface area contributed by atoms with Crippen LogP contribution in [0.3, 0.4) is 0 Å². The number of anilines is 2. The molecule has 37 heavy (non-hydrogen) atoms. The van der Waals surface area contributed by atoms with Crippen LogP contribution in [0.2, 0.25) is 0 Å². The predicted octanol–water partition coefficient (Wildman–Crippen LogP) is 3.10. The summed E-state index contributed by atoms with van der Waals surface area (Å²) in [6.07, 6.45) is 0. The molecule has 180 valence electrons. The van der Waals surface area contributed by atoms with E-state index in [2.05, 4.69) is 20.6 Å². The van der Waals surface area contributed by atoms with Crippen LogP contribution in [0.5, 0.6) is 0 Å². The van der Waals surface area contributed by atoms with E-state index in [1.165, 1.54) is 4.57 Å². The largest absolute Gasteiger partial charge is 0.384 e. The van der Waals surface area contributed by atoms with Crippen molar-refractivity contribution in [2.75, 3.05) is 11.1 Å². The Hall–Kier alpha value is -5.51. The van der Waals surface area contributed by atoms with Crippen molar-refractivity contribution in [3.05, 3.63) is 106 Å². The Morgan fingerprint density at radius 2 is 1.65 bits per heavy atom. The zero-order chi connectivity index (χ0) is 25.7. The number of aromatic nitrogens is 3. The number of H-pyrrole nitrogens is 1. The molecule has 3 aromatic carbocycles. The molecule has 1 aliphatic rings. The average Bonchev–Trinajstić information content (AvgIpc) is 3.44. The smallest absolute Gasteiger partial charge is 0.262 e. The van der Waals surface area contributed by atoms with E-state index in [9.17, 15) is 19.2 Å². The maximum Gasteiger partial charge on any atom is 0.262 e. The number of nitrogens with one attached hydrogen (secondary N) is 3. The van der Waals surface area contributed by atoms with Gasteiger partial charge in [-0.1, -0.05) is 18.2 Å². The number of carbonyl (C=O) groups is 3. The molecule has 0 saturated heterocycles. The van der Waals surface area contributed by atoms with Gasteiger partial charge >= 0.3 is 0 Å². The molecule has 0 radical (unpaired) electrons. The molecule has 0 fully saturated rings. The molecule has 3 amide bonds. The lowest BCUT2D eigenvalue weighted by atomic mass is 10.1. The van der Waals surface area contributed by atoms with E-state index in [0.717, 1.165) is 17.1 Å². The highest BCUT2D eigenvalue weighted by Crippen LogP contribution is 2.26. The maximum absolute atomic E-state index is 12.7. The van der Waals surface area contributed by atoms with Crippen LogP contribution < -0.4 is 21.9 Å². The topological polar surface area (TPSA) is 152 Å². The molecule has 10 nitrogen and oxygen atoms in total. The van der Waals surface area contributed by atoms with E-state index in [-0.39, 0.29) is 22.9 Å². The van der Waals surface area contributed by atoms with Crippen molar-refractivity contribution >= 4 is 40.3 Å². The van der Waals surface area contributed by atoms with Gasteiger partial charge in [0.25, 0.3) is 23.3 Å². The van der Waals surface area contributed by atoms with Gasteiger partial charge in [0.15, 0.2) is 0 Å². The van der Waals surface area contributed by atoms with Crippen molar-refractivity contribution in [3.8, 4) is 17.1 Å². The number of nitrogen functional groups attached to an aromatic ring is 1. The number of aromatic amines is 1. The lowest BCUT2D eigenvalue weighted by Crippen LogP contribution is -2.24. The van der Waals surface area contributed by atoms with Gasteiger partial charge in [0.2, 0.25) is 0 Å². The average molecular weight is 490 g/mol. The van der Waals surface area contributed by atoms with Crippen LogP contribution in [0, 0.1) is 0 Å². The van der Waals surface area contributed by atoms with E-state index in [4.69, 9.17) is 5.73 Å². The van der Waals surface area contributed by atoms with Crippen molar-refractivity contribution in [1.29, 1.82) is 0 Å². The third-order valence-electron chi connectivity index (χ3n) is 6.13. The van der Waals surface area contributed by atoms with Gasteiger partial charge in [0.05, 0.1) is 27.8 Å². The van der Waals surface area contributed by atoms with Crippen molar-refractivity contribution < 1.29 is 14.4 Å². The van der Waals surface area contributed by atoms with Crippen LogP contribution in [0.4, 0.5) is 11.5 Å². The highest BCUT2D eigenvalue weighted by atomic mass is 16.2. The van der Waals surface area contributed by atoms with Crippen molar-refractivity contribution in [2.45, 2.75) is 0 Å². The zero-order valence-electron chi connectivity index (χ0n) is 19.1. The highest BCUT2D eigenvalue weighted by molar-refractivity contribution is 6.23. The highest BCUT2D eigenvalue weighted by Gasteiger charge is 2.31. The first-order valence-corrected chi connectivity index (χ1v) is 11.3. The second kappa shape index (κ2) is 8.31. The van der Waals surface area contributed by atoms with Gasteiger partial charge in [-0.3, -0.25) is 29.1 Å². The Kier molecular flexibility index (Phi) is 4.94. The second-order valence-corrected chi connectivity index (χ2v) is 8.46. The van der Waals surface area contributed by atoms with Crippen molar-refractivity contribution in [3.63, 3.8) is 0 Å². The van der Waals surface area contributed by atoms with Gasteiger partial charge in [0.1, 0.15) is 11.6 Å². The summed E-state index contributed by atoms with van der Waals surface area (Å²) in [4.78, 5) is 57.1. The molecule has 0 aliphatic carbocycles. The van der Waals surface area contributed by atoms with E-state index < -0.39 is 17.4 Å². The zero-order valence-corrected chi connectivity index (χ0v) is 19.1. The molecule has 0 atom stereocenters. The minimum absolute atomic E-state index is 0.0214. The molecule has 3 heterocycles. The summed E-state index contributed by atoms with van der Waals surface area (Å²) >= 11 is 0. The molecule has 0 saturated carbocycles. The van der Waals surface area contributed by atoms with Crippen LogP contribution >= 0.6 is 0 Å². The van der Waals surface area contributed by atoms with Crippen LogP contribution in [0.15, 0.2) is 83.7 Å². The Morgan fingerprint density at radius 3 is 2.41 bits per heavy atom. The number of imidazole rings is 1. The van der Waals surface area contributed by atoms with E-state index in [0.29, 0.717) is 28.3 Å². The monoisotopic (exact) mass is 490 g/mol. The van der Waals surface area contributed by atoms with Crippen LogP contribution in [0.25, 0.3) is 28.1 Å². The molecule has 0 spiro atoms. The van der Waals surface area contributed by atoms with Crippen molar-refractivity contribution in [1.82, 2.24) is 19.9 Å². The minimum Gasteiger partial charge on any atom is -0.384 e. The number of fused-ring (bicyclic) bond motifs is 2. The van der Waals surface area contributed by atoms with Gasteiger partial charge < -0.3 is 16.0 Å². The summed E-state index contributed by atoms with van der Waals surface area (Å²) in [5.74, 6) is -1.01. The molecule has 6 rings (SSSR count). The van der Waals surface area contributed by atoms with Crippen LogP contribution in [-0.4, -0.2) is 32.3 Å². The van der Waals surface area contributed by atoms with Gasteiger partial charge in [-0.25, -0.2) is 4.98 Å². The molecular weight excluding hydrogens is 472 g/mol. The third-order valence-corrected chi connectivity index (χ3v) is 6.13. The molecule has 0 unspecified atom stereocenters. The number of nitrogens with zero attached hydrogens (tertiary/aromatic N) is 2. The minimum atomic E-state index is -0.644. The Morgan fingerprint density at radius 1 is 0.892 bits per heavy atom. The fraction of sp³-hybridized carbons (Fsp3) is 0. The number of hydrogen-bond donors (Lipinski definition) is 4. The van der Waals surface area contributed by atoms with Crippen LogP contribution in [-0.2, 0) is 0 Å². The van der Waals surface area contributed by atoms with Gasteiger partial charge in [-0.05, 0) is 54.6 Å². The lowest BCUT2D eigenvalue weighted by Gasteiger charge is -2.11. The summed E-state index contributed by atoms with van der Waals surface area (Å²) in [6.45, 7) is 0. The Balaban J connectivity index is 1.30. The summed E-state index contributed by atoms with van der Waals surface area (Å²) < 4.78 is 1.18. The first-order valence-electron chi connectivity index (χ1n) is 11.3. The predicted molar refractivity (Wildman–Crippen MR) is 138 cm³/mol. The number of amides is 3. The number of nitrogens with two attached hydrogens (primary N) is 1.